The molecule has 0 spiro atoms. The van der Waals surface area contributed by atoms with E-state index in [9.17, 15) is 18.0 Å². The largest absolute Gasteiger partial charge is 0.489 e. The number of benzene rings is 1. The zero-order valence-electron chi connectivity index (χ0n) is 17.0. The lowest BCUT2D eigenvalue weighted by Gasteiger charge is -2.44. The molecular formula is C22H28ClF3N2O2. The molecule has 0 radical (unpaired) electrons. The molecule has 8 heteroatoms. The van der Waals surface area contributed by atoms with Crippen molar-refractivity contribution >= 4 is 22.4 Å². The van der Waals surface area contributed by atoms with Gasteiger partial charge in [-0.2, -0.15) is 13.2 Å². The van der Waals surface area contributed by atoms with Gasteiger partial charge < -0.3 is 15.5 Å². The van der Waals surface area contributed by atoms with Crippen LogP contribution in [0.1, 0.15) is 58.3 Å². The number of fused-ring (bicyclic) bond motifs is 1. The Labute approximate surface area is 178 Å². The zero-order chi connectivity index (χ0) is 21.9. The van der Waals surface area contributed by atoms with Crippen molar-refractivity contribution in [3.8, 4) is 5.75 Å². The third kappa shape index (κ3) is 5.30. The van der Waals surface area contributed by atoms with Gasteiger partial charge in [0.25, 0.3) is 5.56 Å². The Balaban J connectivity index is 1.68. The molecule has 1 aromatic heterocycles. The molecule has 1 aliphatic rings. The van der Waals surface area contributed by atoms with Crippen LogP contribution in [0.25, 0.3) is 10.8 Å². The van der Waals surface area contributed by atoms with E-state index in [2.05, 4.69) is 4.98 Å². The number of nitrogens with two attached hydrogens (primary N) is 1. The van der Waals surface area contributed by atoms with E-state index in [0.717, 1.165) is 24.6 Å². The summed E-state index contributed by atoms with van der Waals surface area (Å²) in [5.74, 6) is 0.518. The second-order valence-corrected chi connectivity index (χ2v) is 8.75. The molecule has 30 heavy (non-hydrogen) atoms. The second kappa shape index (κ2) is 9.18. The second-order valence-electron chi connectivity index (χ2n) is 8.34. The maximum atomic E-state index is 12.6. The van der Waals surface area contributed by atoms with Gasteiger partial charge in [0.15, 0.2) is 0 Å². The van der Waals surface area contributed by atoms with Gasteiger partial charge >= 0.3 is 6.18 Å². The molecule has 3 N–H and O–H groups in total. The number of hydrogen-bond donors (Lipinski definition) is 2. The third-order valence-corrected chi connectivity index (χ3v) is 6.70. The third-order valence-electron chi connectivity index (χ3n) is 6.41. The van der Waals surface area contributed by atoms with Gasteiger partial charge in [0, 0.05) is 24.0 Å². The molecule has 1 heterocycles. The molecule has 0 bridgehead atoms. The summed E-state index contributed by atoms with van der Waals surface area (Å²) in [7, 11) is 0. The SMILES string of the molecule is CC[C@@H](N)C1(CCCC(F)(F)F)CCC(Oc2cc3cc[nH]c(=O)c3cc2Cl)CC1. The van der Waals surface area contributed by atoms with Crippen LogP contribution in [0.15, 0.2) is 29.2 Å². The normalized spacial score (nSPS) is 23.5. The fraction of sp³-hybridized carbons (Fsp3) is 0.591. The van der Waals surface area contributed by atoms with E-state index < -0.39 is 12.6 Å². The molecule has 0 saturated heterocycles. The lowest BCUT2D eigenvalue weighted by atomic mass is 9.65. The number of alkyl halides is 3. The minimum Gasteiger partial charge on any atom is -0.489 e. The van der Waals surface area contributed by atoms with Crippen LogP contribution < -0.4 is 16.0 Å². The first kappa shape index (κ1) is 22.9. The van der Waals surface area contributed by atoms with Gasteiger partial charge in [0.2, 0.25) is 0 Å². The summed E-state index contributed by atoms with van der Waals surface area (Å²) in [6, 6.07) is 5.02. The van der Waals surface area contributed by atoms with Crippen molar-refractivity contribution < 1.29 is 17.9 Å². The molecule has 2 aromatic rings. The molecule has 1 saturated carbocycles. The van der Waals surface area contributed by atoms with Gasteiger partial charge in [-0.25, -0.2) is 0 Å². The van der Waals surface area contributed by atoms with E-state index >= 15 is 0 Å². The van der Waals surface area contributed by atoms with Gasteiger partial charge in [-0.15, -0.1) is 0 Å². The number of pyridine rings is 1. The molecule has 0 amide bonds. The summed E-state index contributed by atoms with van der Waals surface area (Å²) in [5.41, 5.74) is 5.87. The van der Waals surface area contributed by atoms with Gasteiger partial charge in [-0.05, 0) is 73.9 Å². The van der Waals surface area contributed by atoms with E-state index in [1.54, 1.807) is 24.4 Å². The van der Waals surface area contributed by atoms with Crippen LogP contribution >= 0.6 is 11.6 Å². The summed E-state index contributed by atoms with van der Waals surface area (Å²) >= 11 is 6.33. The number of aromatic amines is 1. The zero-order valence-corrected chi connectivity index (χ0v) is 17.8. The topological polar surface area (TPSA) is 68.1 Å². The van der Waals surface area contributed by atoms with Gasteiger partial charge in [0.05, 0.1) is 11.1 Å². The Morgan fingerprint density at radius 2 is 2.03 bits per heavy atom. The molecule has 1 aromatic carbocycles. The average molecular weight is 445 g/mol. The van der Waals surface area contributed by atoms with Crippen molar-refractivity contribution in [1.82, 2.24) is 4.98 Å². The maximum Gasteiger partial charge on any atom is 0.389 e. The minimum atomic E-state index is -4.13. The van der Waals surface area contributed by atoms with Crippen molar-refractivity contribution in [1.29, 1.82) is 0 Å². The highest BCUT2D eigenvalue weighted by atomic mass is 35.5. The summed E-state index contributed by atoms with van der Waals surface area (Å²) in [6.07, 6.45) is 0.803. The lowest BCUT2D eigenvalue weighted by molar-refractivity contribution is -0.137. The van der Waals surface area contributed by atoms with E-state index in [0.29, 0.717) is 35.4 Å². The number of nitrogens with one attached hydrogen (secondary N) is 1. The van der Waals surface area contributed by atoms with Crippen molar-refractivity contribution in [2.45, 2.75) is 76.6 Å². The summed E-state index contributed by atoms with van der Waals surface area (Å²) < 4.78 is 44.0. The number of hydrogen-bond acceptors (Lipinski definition) is 3. The highest BCUT2D eigenvalue weighted by Crippen LogP contribution is 2.45. The van der Waals surface area contributed by atoms with Crippen LogP contribution in [0, 0.1) is 5.41 Å². The van der Waals surface area contributed by atoms with Crippen LogP contribution in [0.2, 0.25) is 5.02 Å². The Hall–Kier alpha value is -1.73. The number of ether oxygens (including phenoxy) is 1. The van der Waals surface area contributed by atoms with Crippen molar-refractivity contribution in [3.05, 3.63) is 39.8 Å². The van der Waals surface area contributed by atoms with E-state index in [1.165, 1.54) is 0 Å². The van der Waals surface area contributed by atoms with Crippen LogP contribution in [0.5, 0.6) is 5.75 Å². The minimum absolute atomic E-state index is 0.0817. The van der Waals surface area contributed by atoms with Crippen molar-refractivity contribution in [3.63, 3.8) is 0 Å². The maximum absolute atomic E-state index is 12.6. The Kier molecular flexibility index (Phi) is 7.02. The monoisotopic (exact) mass is 444 g/mol. The predicted octanol–water partition coefficient (Wildman–Crippen LogP) is 5.96. The molecule has 1 aliphatic carbocycles. The highest BCUT2D eigenvalue weighted by molar-refractivity contribution is 6.32. The predicted molar refractivity (Wildman–Crippen MR) is 113 cm³/mol. The summed E-state index contributed by atoms with van der Waals surface area (Å²) in [4.78, 5) is 14.5. The number of halogens is 4. The Morgan fingerprint density at radius 3 is 2.67 bits per heavy atom. The molecule has 0 unspecified atom stereocenters. The first-order chi connectivity index (χ1) is 14.1. The number of aromatic nitrogens is 1. The van der Waals surface area contributed by atoms with Crippen molar-refractivity contribution in [2.24, 2.45) is 11.1 Å². The fourth-order valence-corrected chi connectivity index (χ4v) is 4.83. The van der Waals surface area contributed by atoms with E-state index in [-0.39, 0.29) is 29.5 Å². The molecule has 1 atom stereocenters. The summed E-state index contributed by atoms with van der Waals surface area (Å²) in [5, 5.41) is 1.60. The molecule has 166 valence electrons. The van der Waals surface area contributed by atoms with E-state index in [4.69, 9.17) is 22.1 Å². The van der Waals surface area contributed by atoms with Crippen LogP contribution in [-0.4, -0.2) is 23.3 Å². The molecule has 4 nitrogen and oxygen atoms in total. The van der Waals surface area contributed by atoms with Gasteiger partial charge in [0.1, 0.15) is 5.75 Å². The first-order valence-corrected chi connectivity index (χ1v) is 10.8. The van der Waals surface area contributed by atoms with Crippen LogP contribution in [0.4, 0.5) is 13.2 Å². The Bertz CT molecular complexity index is 921. The van der Waals surface area contributed by atoms with Gasteiger partial charge in [-0.3, -0.25) is 4.79 Å². The standard InChI is InChI=1S/C22H28ClF3N2O2/c1-2-19(27)21(7-3-8-22(24,25)26)9-4-15(5-10-21)30-18-12-14-6-11-28-20(29)16(14)13-17(18)23/h6,11-13,15,19H,2-5,7-10,27H2,1H3,(H,28,29)/t15?,19-,21?/m1/s1. The van der Waals surface area contributed by atoms with E-state index in [1.807, 2.05) is 6.92 Å². The average Bonchev–Trinajstić information content (AvgIpc) is 2.69. The summed E-state index contributed by atoms with van der Waals surface area (Å²) in [6.45, 7) is 1.98. The number of H-pyrrole nitrogens is 1. The van der Waals surface area contributed by atoms with Crippen molar-refractivity contribution in [2.75, 3.05) is 0 Å². The van der Waals surface area contributed by atoms with Crippen LogP contribution in [-0.2, 0) is 0 Å². The molecular weight excluding hydrogens is 417 g/mol. The Morgan fingerprint density at radius 1 is 1.33 bits per heavy atom. The quantitative estimate of drug-likeness (QED) is 0.553. The smallest absolute Gasteiger partial charge is 0.389 e. The molecule has 1 fully saturated rings. The highest BCUT2D eigenvalue weighted by Gasteiger charge is 2.40. The first-order valence-electron chi connectivity index (χ1n) is 10.4. The molecule has 0 aliphatic heterocycles. The van der Waals surface area contributed by atoms with Gasteiger partial charge in [-0.1, -0.05) is 18.5 Å². The lowest BCUT2D eigenvalue weighted by Crippen LogP contribution is -2.45. The molecule has 3 rings (SSSR count). The van der Waals surface area contributed by atoms with Crippen LogP contribution in [0.3, 0.4) is 0 Å². The fourth-order valence-electron chi connectivity index (χ4n) is 4.62. The number of rotatable bonds is 7.